The number of ether oxygens (including phenoxy) is 1. The highest BCUT2D eigenvalue weighted by molar-refractivity contribution is 9.10. The van der Waals surface area contributed by atoms with Crippen molar-refractivity contribution < 1.29 is 18.7 Å². The highest BCUT2D eigenvalue weighted by atomic mass is 79.9. The van der Waals surface area contributed by atoms with E-state index in [1.165, 1.54) is 12.1 Å². The zero-order valence-electron chi connectivity index (χ0n) is 12.4. The Kier molecular flexibility index (Phi) is 5.87. The molecule has 2 aromatic carbocycles. The lowest BCUT2D eigenvalue weighted by Gasteiger charge is -2.14. The summed E-state index contributed by atoms with van der Waals surface area (Å²) in [6.45, 7) is 1.44. The number of hydrogen-bond donors (Lipinski definition) is 1. The fraction of sp³-hybridized carbons (Fsp3) is 0.176. The average molecular weight is 380 g/mol. The van der Waals surface area contributed by atoms with Crippen LogP contribution in [0.1, 0.15) is 28.9 Å². The van der Waals surface area contributed by atoms with Gasteiger partial charge in [0.25, 0.3) is 5.91 Å². The molecule has 2 rings (SSSR count). The highest BCUT2D eigenvalue weighted by Gasteiger charge is 2.13. The summed E-state index contributed by atoms with van der Waals surface area (Å²) in [6, 6.07) is 12.3. The Bertz CT molecular complexity index is 686. The van der Waals surface area contributed by atoms with Crippen LogP contribution in [0, 0.1) is 5.82 Å². The number of carbonyl (C=O) groups excluding carboxylic acids is 2. The van der Waals surface area contributed by atoms with Crippen molar-refractivity contribution >= 4 is 27.8 Å². The molecule has 0 aliphatic carbocycles. The number of hydrogen-bond acceptors (Lipinski definition) is 3. The van der Waals surface area contributed by atoms with E-state index in [0.717, 1.165) is 22.2 Å². The SMILES string of the molecule is C[C@@H](NC(=O)COC(=O)c1ccc(F)cc1)c1ccc(Br)cc1. The van der Waals surface area contributed by atoms with Gasteiger partial charge in [-0.05, 0) is 48.9 Å². The molecule has 0 bridgehead atoms. The predicted molar refractivity (Wildman–Crippen MR) is 87.4 cm³/mol. The first-order valence-electron chi connectivity index (χ1n) is 6.93. The molecule has 4 nitrogen and oxygen atoms in total. The van der Waals surface area contributed by atoms with Crippen LogP contribution in [-0.4, -0.2) is 18.5 Å². The molecule has 0 aliphatic rings. The summed E-state index contributed by atoms with van der Waals surface area (Å²) in [4.78, 5) is 23.5. The van der Waals surface area contributed by atoms with E-state index in [9.17, 15) is 14.0 Å². The zero-order valence-corrected chi connectivity index (χ0v) is 14.0. The Balaban J connectivity index is 1.83. The molecule has 0 saturated carbocycles. The Hall–Kier alpha value is -2.21. The standard InChI is InChI=1S/C17H15BrFNO3/c1-11(12-2-6-14(18)7-3-12)20-16(21)10-23-17(22)13-4-8-15(19)9-5-13/h2-9,11H,10H2,1H3,(H,20,21)/t11-/m1/s1. The van der Waals surface area contributed by atoms with Crippen LogP contribution in [0.2, 0.25) is 0 Å². The smallest absolute Gasteiger partial charge is 0.338 e. The first-order chi connectivity index (χ1) is 11.0. The monoisotopic (exact) mass is 379 g/mol. The zero-order chi connectivity index (χ0) is 16.8. The Morgan fingerprint density at radius 3 is 2.35 bits per heavy atom. The quantitative estimate of drug-likeness (QED) is 0.807. The van der Waals surface area contributed by atoms with E-state index < -0.39 is 24.3 Å². The molecule has 6 heteroatoms. The van der Waals surface area contributed by atoms with Crippen molar-refractivity contribution in [1.82, 2.24) is 5.32 Å². The Morgan fingerprint density at radius 1 is 1.13 bits per heavy atom. The third kappa shape index (κ3) is 5.17. The van der Waals surface area contributed by atoms with E-state index in [1.807, 2.05) is 31.2 Å². The second-order valence-corrected chi connectivity index (χ2v) is 5.84. The van der Waals surface area contributed by atoms with Crippen LogP contribution in [0.3, 0.4) is 0 Å². The molecule has 0 radical (unpaired) electrons. The van der Waals surface area contributed by atoms with Gasteiger partial charge in [-0.2, -0.15) is 0 Å². The fourth-order valence-electron chi connectivity index (χ4n) is 1.92. The molecule has 0 saturated heterocycles. The fourth-order valence-corrected chi connectivity index (χ4v) is 2.18. The van der Waals surface area contributed by atoms with Gasteiger partial charge in [0, 0.05) is 4.47 Å². The maximum atomic E-state index is 12.8. The molecule has 23 heavy (non-hydrogen) atoms. The van der Waals surface area contributed by atoms with E-state index in [0.29, 0.717) is 0 Å². The minimum Gasteiger partial charge on any atom is -0.452 e. The van der Waals surface area contributed by atoms with Gasteiger partial charge < -0.3 is 10.1 Å². The average Bonchev–Trinajstić information content (AvgIpc) is 2.54. The number of amides is 1. The number of carbonyl (C=O) groups is 2. The Labute approximate surface area is 141 Å². The second kappa shape index (κ2) is 7.87. The minimum absolute atomic E-state index is 0.195. The van der Waals surface area contributed by atoms with Crippen LogP contribution in [0.15, 0.2) is 53.0 Å². The largest absolute Gasteiger partial charge is 0.452 e. The van der Waals surface area contributed by atoms with E-state index >= 15 is 0 Å². The molecule has 120 valence electrons. The van der Waals surface area contributed by atoms with Gasteiger partial charge in [-0.15, -0.1) is 0 Å². The molecule has 2 aromatic rings. The maximum Gasteiger partial charge on any atom is 0.338 e. The lowest BCUT2D eigenvalue weighted by atomic mass is 10.1. The van der Waals surface area contributed by atoms with Gasteiger partial charge in [0.2, 0.25) is 0 Å². The van der Waals surface area contributed by atoms with Crippen molar-refractivity contribution in [3.8, 4) is 0 Å². The van der Waals surface area contributed by atoms with E-state index in [4.69, 9.17) is 4.74 Å². The van der Waals surface area contributed by atoms with E-state index in [-0.39, 0.29) is 11.6 Å². The van der Waals surface area contributed by atoms with Crippen LogP contribution in [0.4, 0.5) is 4.39 Å². The summed E-state index contributed by atoms with van der Waals surface area (Å²) < 4.78 is 18.6. The lowest BCUT2D eigenvalue weighted by molar-refractivity contribution is -0.124. The summed E-state index contributed by atoms with van der Waals surface area (Å²) >= 11 is 3.34. The first-order valence-corrected chi connectivity index (χ1v) is 7.72. The predicted octanol–water partition coefficient (Wildman–Crippen LogP) is 3.62. The lowest BCUT2D eigenvalue weighted by Crippen LogP contribution is -2.31. The van der Waals surface area contributed by atoms with Gasteiger partial charge in [0.1, 0.15) is 5.82 Å². The normalized spacial score (nSPS) is 11.6. The molecule has 0 fully saturated rings. The number of esters is 1. The van der Waals surface area contributed by atoms with Crippen molar-refractivity contribution in [3.05, 3.63) is 69.9 Å². The van der Waals surface area contributed by atoms with Gasteiger partial charge >= 0.3 is 5.97 Å². The second-order valence-electron chi connectivity index (χ2n) is 4.92. The van der Waals surface area contributed by atoms with Crippen molar-refractivity contribution in [3.63, 3.8) is 0 Å². The molecule has 0 aliphatic heterocycles. The summed E-state index contributed by atoms with van der Waals surface area (Å²) in [5.41, 5.74) is 1.13. The van der Waals surface area contributed by atoms with Gasteiger partial charge in [-0.25, -0.2) is 9.18 Å². The van der Waals surface area contributed by atoms with Crippen molar-refractivity contribution in [1.29, 1.82) is 0 Å². The van der Waals surface area contributed by atoms with Crippen LogP contribution in [-0.2, 0) is 9.53 Å². The third-order valence-corrected chi connectivity index (χ3v) is 3.69. The number of benzene rings is 2. The topological polar surface area (TPSA) is 55.4 Å². The molecule has 0 heterocycles. The molecule has 0 unspecified atom stereocenters. The van der Waals surface area contributed by atoms with Crippen molar-refractivity contribution in [2.45, 2.75) is 13.0 Å². The summed E-state index contributed by atoms with van der Waals surface area (Å²) in [5.74, 6) is -1.52. The van der Waals surface area contributed by atoms with E-state index in [2.05, 4.69) is 21.2 Å². The molecule has 0 aromatic heterocycles. The van der Waals surface area contributed by atoms with Crippen LogP contribution in [0.5, 0.6) is 0 Å². The van der Waals surface area contributed by atoms with Crippen LogP contribution in [0.25, 0.3) is 0 Å². The molecule has 1 atom stereocenters. The molecule has 1 N–H and O–H groups in total. The molecule has 1 amide bonds. The number of halogens is 2. The summed E-state index contributed by atoms with van der Waals surface area (Å²) in [7, 11) is 0. The highest BCUT2D eigenvalue weighted by Crippen LogP contribution is 2.16. The van der Waals surface area contributed by atoms with Gasteiger partial charge in [0.15, 0.2) is 6.61 Å². The van der Waals surface area contributed by atoms with Crippen LogP contribution >= 0.6 is 15.9 Å². The van der Waals surface area contributed by atoms with Gasteiger partial charge in [-0.3, -0.25) is 4.79 Å². The number of nitrogens with one attached hydrogen (secondary N) is 1. The Morgan fingerprint density at radius 2 is 1.74 bits per heavy atom. The van der Waals surface area contributed by atoms with Crippen molar-refractivity contribution in [2.24, 2.45) is 0 Å². The van der Waals surface area contributed by atoms with Gasteiger partial charge in [-0.1, -0.05) is 28.1 Å². The molecular formula is C17H15BrFNO3. The molecular weight excluding hydrogens is 365 g/mol. The summed E-state index contributed by atoms with van der Waals surface area (Å²) in [5, 5.41) is 2.74. The summed E-state index contributed by atoms with van der Waals surface area (Å²) in [6.07, 6.45) is 0. The van der Waals surface area contributed by atoms with Gasteiger partial charge in [0.05, 0.1) is 11.6 Å². The third-order valence-electron chi connectivity index (χ3n) is 3.16. The van der Waals surface area contributed by atoms with Crippen molar-refractivity contribution in [2.75, 3.05) is 6.61 Å². The first kappa shape index (κ1) is 17.1. The minimum atomic E-state index is -0.670. The van der Waals surface area contributed by atoms with Crippen LogP contribution < -0.4 is 5.32 Å². The molecule has 0 spiro atoms. The maximum absolute atomic E-state index is 12.8. The van der Waals surface area contributed by atoms with E-state index in [1.54, 1.807) is 0 Å². The number of rotatable bonds is 5.